The van der Waals surface area contributed by atoms with Crippen LogP contribution in [-0.2, 0) is 4.74 Å². The normalized spacial score (nSPS) is 26.7. The molecule has 2 aromatic rings. The number of hydrogen-bond donors (Lipinski definition) is 1. The number of carbonyl (C=O) groups excluding carboxylic acids is 1. The molecule has 0 aromatic carbocycles. The molecule has 7 heteroatoms. The van der Waals surface area contributed by atoms with Crippen LogP contribution >= 0.6 is 0 Å². The second kappa shape index (κ2) is 6.24. The predicted molar refractivity (Wildman–Crippen MR) is 86.6 cm³/mol. The lowest BCUT2D eigenvalue weighted by atomic mass is 9.88. The van der Waals surface area contributed by atoms with Crippen LogP contribution in [0, 0.1) is 0 Å². The first kappa shape index (κ1) is 15.1. The molecule has 1 amide bonds. The van der Waals surface area contributed by atoms with E-state index in [1.807, 2.05) is 4.90 Å². The lowest BCUT2D eigenvalue weighted by Crippen LogP contribution is -2.50. The molecule has 0 unspecified atom stereocenters. The Kier molecular flexibility index (Phi) is 3.93. The minimum Gasteiger partial charge on any atom is -0.472 e. The summed E-state index contributed by atoms with van der Waals surface area (Å²) in [4.78, 5) is 22.8. The number of carbonyl (C=O) groups is 1. The van der Waals surface area contributed by atoms with Gasteiger partial charge in [-0.3, -0.25) is 4.79 Å². The minimum atomic E-state index is -0.274. The van der Waals surface area contributed by atoms with Gasteiger partial charge in [-0.15, -0.1) is 0 Å². The molecule has 2 saturated heterocycles. The van der Waals surface area contributed by atoms with Crippen molar-refractivity contribution in [1.29, 1.82) is 0 Å². The largest absolute Gasteiger partial charge is 0.472 e. The molecule has 126 valence electrons. The van der Waals surface area contributed by atoms with Crippen molar-refractivity contribution >= 4 is 11.9 Å². The van der Waals surface area contributed by atoms with Gasteiger partial charge in [0.2, 0.25) is 5.95 Å². The van der Waals surface area contributed by atoms with Crippen molar-refractivity contribution in [3.63, 3.8) is 0 Å². The molecule has 0 bridgehead atoms. The summed E-state index contributed by atoms with van der Waals surface area (Å²) in [7, 11) is 0. The fourth-order valence-electron chi connectivity index (χ4n) is 3.62. The van der Waals surface area contributed by atoms with Crippen LogP contribution < -0.4 is 5.32 Å². The van der Waals surface area contributed by atoms with E-state index in [2.05, 4.69) is 15.3 Å². The number of anilines is 1. The highest BCUT2D eigenvalue weighted by Crippen LogP contribution is 2.36. The van der Waals surface area contributed by atoms with Gasteiger partial charge in [0.05, 0.1) is 36.6 Å². The van der Waals surface area contributed by atoms with E-state index in [4.69, 9.17) is 9.15 Å². The van der Waals surface area contributed by atoms with E-state index in [9.17, 15) is 4.79 Å². The molecule has 4 heterocycles. The van der Waals surface area contributed by atoms with Crippen LogP contribution in [-0.4, -0.2) is 52.1 Å². The number of ether oxygens (including phenoxy) is 1. The van der Waals surface area contributed by atoms with Crippen LogP contribution in [0.2, 0.25) is 0 Å². The second-order valence-corrected chi connectivity index (χ2v) is 6.45. The maximum Gasteiger partial charge on any atom is 0.257 e. The van der Waals surface area contributed by atoms with Crippen molar-refractivity contribution in [1.82, 2.24) is 14.9 Å². The standard InChI is InChI=1S/C17H20N4O3/c22-15(13-3-8-23-10-13)21-7-1-4-17(12-21)9-14(11-24-17)20-16-18-5-2-6-19-16/h2-3,5-6,8,10,14H,1,4,7,9,11-12H2,(H,18,19,20)/t14-,17-/m0/s1. The Balaban J connectivity index is 1.41. The van der Waals surface area contributed by atoms with E-state index >= 15 is 0 Å². The van der Waals surface area contributed by atoms with Gasteiger partial charge in [-0.2, -0.15) is 0 Å². The highest BCUT2D eigenvalue weighted by atomic mass is 16.5. The molecule has 0 saturated carbocycles. The first-order valence-corrected chi connectivity index (χ1v) is 8.23. The van der Waals surface area contributed by atoms with Gasteiger partial charge < -0.3 is 19.4 Å². The Morgan fingerprint density at radius 2 is 2.25 bits per heavy atom. The lowest BCUT2D eigenvalue weighted by Gasteiger charge is -2.39. The van der Waals surface area contributed by atoms with Gasteiger partial charge in [0.1, 0.15) is 6.26 Å². The molecule has 4 rings (SSSR count). The third kappa shape index (κ3) is 2.99. The summed E-state index contributed by atoms with van der Waals surface area (Å²) in [5.41, 5.74) is 0.321. The van der Waals surface area contributed by atoms with Crippen LogP contribution in [0.15, 0.2) is 41.5 Å². The van der Waals surface area contributed by atoms with Crippen LogP contribution in [0.5, 0.6) is 0 Å². The molecule has 2 aliphatic heterocycles. The second-order valence-electron chi connectivity index (χ2n) is 6.45. The average molecular weight is 328 g/mol. The maximum absolute atomic E-state index is 12.5. The first-order chi connectivity index (χ1) is 11.7. The number of hydrogen-bond acceptors (Lipinski definition) is 6. The van der Waals surface area contributed by atoms with E-state index in [0.717, 1.165) is 25.8 Å². The summed E-state index contributed by atoms with van der Waals surface area (Å²) in [6, 6.07) is 3.66. The Hall–Kier alpha value is -2.41. The molecule has 2 fully saturated rings. The first-order valence-electron chi connectivity index (χ1n) is 8.23. The Morgan fingerprint density at radius 3 is 3.04 bits per heavy atom. The molecular formula is C17H20N4O3. The molecule has 24 heavy (non-hydrogen) atoms. The highest BCUT2D eigenvalue weighted by molar-refractivity contribution is 5.93. The van der Waals surface area contributed by atoms with Crippen molar-refractivity contribution in [2.75, 3.05) is 25.0 Å². The number of nitrogens with one attached hydrogen (secondary N) is 1. The number of likely N-dealkylation sites (tertiary alicyclic amines) is 1. The lowest BCUT2D eigenvalue weighted by molar-refractivity contribution is -0.0447. The van der Waals surface area contributed by atoms with E-state index in [1.54, 1.807) is 24.5 Å². The van der Waals surface area contributed by atoms with Crippen LogP contribution in [0.3, 0.4) is 0 Å². The number of furan rings is 1. The zero-order chi connectivity index (χ0) is 16.4. The number of aromatic nitrogens is 2. The smallest absolute Gasteiger partial charge is 0.257 e. The summed E-state index contributed by atoms with van der Waals surface area (Å²) >= 11 is 0. The summed E-state index contributed by atoms with van der Waals surface area (Å²) in [5, 5.41) is 3.32. The maximum atomic E-state index is 12.5. The summed E-state index contributed by atoms with van der Waals surface area (Å²) < 4.78 is 11.2. The third-order valence-electron chi connectivity index (χ3n) is 4.70. The van der Waals surface area contributed by atoms with Crippen LogP contribution in [0.1, 0.15) is 29.6 Å². The fraction of sp³-hybridized carbons (Fsp3) is 0.471. The molecular weight excluding hydrogens is 308 g/mol. The minimum absolute atomic E-state index is 0.00854. The van der Waals surface area contributed by atoms with Gasteiger partial charge in [-0.25, -0.2) is 9.97 Å². The number of nitrogens with zero attached hydrogens (tertiary/aromatic N) is 3. The van der Waals surface area contributed by atoms with E-state index in [-0.39, 0.29) is 17.6 Å². The van der Waals surface area contributed by atoms with E-state index < -0.39 is 0 Å². The van der Waals surface area contributed by atoms with Gasteiger partial charge in [-0.1, -0.05) is 0 Å². The predicted octanol–water partition coefficient (Wildman–Crippen LogP) is 1.95. The van der Waals surface area contributed by atoms with E-state index in [0.29, 0.717) is 24.7 Å². The van der Waals surface area contributed by atoms with Crippen molar-refractivity contribution in [3.8, 4) is 0 Å². The zero-order valence-electron chi connectivity index (χ0n) is 13.4. The Labute approximate surface area is 140 Å². The number of piperidine rings is 1. The molecule has 7 nitrogen and oxygen atoms in total. The topological polar surface area (TPSA) is 80.5 Å². The number of amides is 1. The Bertz CT molecular complexity index is 691. The average Bonchev–Trinajstić information content (AvgIpc) is 3.26. The van der Waals surface area contributed by atoms with Gasteiger partial charge in [0, 0.05) is 25.4 Å². The summed E-state index contributed by atoms with van der Waals surface area (Å²) in [6.07, 6.45) is 9.21. The van der Waals surface area contributed by atoms with E-state index in [1.165, 1.54) is 12.5 Å². The summed E-state index contributed by atoms with van der Waals surface area (Å²) in [5.74, 6) is 0.625. The SMILES string of the molecule is O=C(c1ccoc1)N1CCC[C@]2(C[C@H](Nc3ncccn3)CO2)C1. The number of rotatable bonds is 3. The van der Waals surface area contributed by atoms with Crippen LogP contribution in [0.25, 0.3) is 0 Å². The van der Waals surface area contributed by atoms with Gasteiger partial charge in [0.25, 0.3) is 5.91 Å². The van der Waals surface area contributed by atoms with Crippen molar-refractivity contribution in [3.05, 3.63) is 42.6 Å². The quantitative estimate of drug-likeness (QED) is 0.927. The highest BCUT2D eigenvalue weighted by Gasteiger charge is 2.44. The summed E-state index contributed by atoms with van der Waals surface area (Å²) in [6.45, 7) is 1.98. The molecule has 2 aromatic heterocycles. The molecule has 2 atom stereocenters. The van der Waals surface area contributed by atoms with Gasteiger partial charge in [-0.05, 0) is 25.0 Å². The fourth-order valence-corrected chi connectivity index (χ4v) is 3.62. The molecule has 0 aliphatic carbocycles. The molecule has 1 N–H and O–H groups in total. The molecule has 2 aliphatic rings. The third-order valence-corrected chi connectivity index (χ3v) is 4.70. The van der Waals surface area contributed by atoms with Gasteiger partial charge >= 0.3 is 0 Å². The Morgan fingerprint density at radius 1 is 1.38 bits per heavy atom. The van der Waals surface area contributed by atoms with Gasteiger partial charge in [0.15, 0.2) is 0 Å². The monoisotopic (exact) mass is 328 g/mol. The molecule has 1 spiro atoms. The van der Waals surface area contributed by atoms with Crippen molar-refractivity contribution in [2.45, 2.75) is 30.9 Å². The zero-order valence-corrected chi connectivity index (χ0v) is 13.4. The molecule has 0 radical (unpaired) electrons. The van der Waals surface area contributed by atoms with Crippen molar-refractivity contribution in [2.24, 2.45) is 0 Å². The van der Waals surface area contributed by atoms with Crippen LogP contribution in [0.4, 0.5) is 5.95 Å². The van der Waals surface area contributed by atoms with Crippen molar-refractivity contribution < 1.29 is 13.9 Å².